The number of rotatable bonds is 8. The van der Waals surface area contributed by atoms with Crippen LogP contribution in [0, 0.1) is 0 Å². The summed E-state index contributed by atoms with van der Waals surface area (Å²) in [6.07, 6.45) is -1.70. The average molecular weight is 420 g/mol. The molecule has 0 radical (unpaired) electrons. The van der Waals surface area contributed by atoms with Gasteiger partial charge in [0.1, 0.15) is 0 Å². The fraction of sp³-hybridized carbons (Fsp3) is 0.286. The van der Waals surface area contributed by atoms with Crippen LogP contribution in [0.3, 0.4) is 0 Å². The van der Waals surface area contributed by atoms with Crippen molar-refractivity contribution in [2.75, 3.05) is 6.61 Å². The Kier molecular flexibility index (Phi) is 8.18. The number of carboxylic acid groups (broad SMARTS) is 1. The lowest BCUT2D eigenvalue weighted by Gasteiger charge is -2.20. The summed E-state index contributed by atoms with van der Waals surface area (Å²) >= 11 is 6.02. The van der Waals surface area contributed by atoms with E-state index in [1.54, 1.807) is 13.0 Å². The quantitative estimate of drug-likeness (QED) is 0.447. The van der Waals surface area contributed by atoms with Crippen LogP contribution in [-0.4, -0.2) is 46.8 Å². The van der Waals surface area contributed by atoms with E-state index in [0.717, 1.165) is 16.7 Å². The summed E-state index contributed by atoms with van der Waals surface area (Å²) < 4.78 is 4.64. The average Bonchev–Trinajstić information content (AvgIpc) is 2.68. The molecule has 2 rings (SSSR count). The monoisotopic (exact) mass is 419 g/mol. The fourth-order valence-corrected chi connectivity index (χ4v) is 2.98. The Morgan fingerprint density at radius 3 is 2.38 bits per heavy atom. The molecule has 7 nitrogen and oxygen atoms in total. The summed E-state index contributed by atoms with van der Waals surface area (Å²) in [7, 11) is 0. The van der Waals surface area contributed by atoms with Gasteiger partial charge >= 0.3 is 17.8 Å². The summed E-state index contributed by atoms with van der Waals surface area (Å²) in [5, 5.41) is 21.7. The van der Waals surface area contributed by atoms with Crippen LogP contribution in [0.2, 0.25) is 5.02 Å². The number of hydrogen-bond acceptors (Lipinski definition) is 5. The minimum Gasteiger partial charge on any atom is -0.479 e. The minimum atomic E-state index is -1.67. The highest BCUT2D eigenvalue weighted by Crippen LogP contribution is 2.23. The largest absolute Gasteiger partial charge is 0.479 e. The molecule has 29 heavy (non-hydrogen) atoms. The number of hydrogen-bond donors (Lipinski definition) is 3. The molecule has 3 N–H and O–H groups in total. The van der Waals surface area contributed by atoms with E-state index in [9.17, 15) is 19.5 Å². The molecular formula is C21H22ClNO6. The SMILES string of the molecule is CCOC(=O)C(=O)N[C@H](Cc1ccc(-c2cccc(Cl)c2)cc1)CC(O)C(=O)O. The van der Waals surface area contributed by atoms with Gasteiger partial charge in [-0.3, -0.25) is 4.79 Å². The van der Waals surface area contributed by atoms with E-state index < -0.39 is 30.0 Å². The molecule has 2 aromatic carbocycles. The number of carboxylic acids is 1. The Bertz CT molecular complexity index is 868. The second-order valence-electron chi connectivity index (χ2n) is 6.39. The van der Waals surface area contributed by atoms with Crippen molar-refractivity contribution in [2.24, 2.45) is 0 Å². The van der Waals surface area contributed by atoms with E-state index in [4.69, 9.17) is 16.7 Å². The van der Waals surface area contributed by atoms with E-state index in [-0.39, 0.29) is 19.4 Å². The molecule has 0 saturated carbocycles. The van der Waals surface area contributed by atoms with Crippen molar-refractivity contribution in [3.63, 3.8) is 0 Å². The summed E-state index contributed by atoms with van der Waals surface area (Å²) in [5.41, 5.74) is 2.67. The number of aliphatic hydroxyl groups is 1. The van der Waals surface area contributed by atoms with Crippen LogP contribution in [0.4, 0.5) is 0 Å². The van der Waals surface area contributed by atoms with Crippen LogP contribution < -0.4 is 5.32 Å². The smallest absolute Gasteiger partial charge is 0.396 e. The first-order valence-electron chi connectivity index (χ1n) is 9.03. The summed E-state index contributed by atoms with van der Waals surface area (Å²) in [5.74, 6) is -3.44. The van der Waals surface area contributed by atoms with Gasteiger partial charge in [0.15, 0.2) is 6.10 Å². The Labute approximate surface area is 173 Å². The number of halogens is 1. The number of carbonyl (C=O) groups excluding carboxylic acids is 2. The zero-order chi connectivity index (χ0) is 21.4. The third-order valence-electron chi connectivity index (χ3n) is 4.18. The third-order valence-corrected chi connectivity index (χ3v) is 4.42. The van der Waals surface area contributed by atoms with Crippen molar-refractivity contribution in [1.82, 2.24) is 5.32 Å². The second kappa shape index (κ2) is 10.6. The van der Waals surface area contributed by atoms with Gasteiger partial charge in [-0.2, -0.15) is 0 Å². The topological polar surface area (TPSA) is 113 Å². The lowest BCUT2D eigenvalue weighted by atomic mass is 9.98. The molecule has 1 unspecified atom stereocenters. The van der Waals surface area contributed by atoms with Crippen LogP contribution in [0.25, 0.3) is 11.1 Å². The van der Waals surface area contributed by atoms with Gasteiger partial charge in [0.2, 0.25) is 0 Å². The van der Waals surface area contributed by atoms with Gasteiger partial charge in [-0.15, -0.1) is 0 Å². The molecule has 0 fully saturated rings. The number of amides is 1. The van der Waals surface area contributed by atoms with Crippen LogP contribution in [0.15, 0.2) is 48.5 Å². The normalized spacial score (nSPS) is 12.7. The highest BCUT2D eigenvalue weighted by atomic mass is 35.5. The molecule has 2 atom stereocenters. The number of carbonyl (C=O) groups is 3. The molecule has 1 amide bonds. The molecule has 0 heterocycles. The summed E-state index contributed by atoms with van der Waals surface area (Å²) in [4.78, 5) is 34.5. The highest BCUT2D eigenvalue weighted by Gasteiger charge is 2.25. The lowest BCUT2D eigenvalue weighted by Crippen LogP contribution is -2.44. The van der Waals surface area contributed by atoms with Crippen LogP contribution in [0.5, 0.6) is 0 Å². The number of nitrogens with one attached hydrogen (secondary N) is 1. The summed E-state index contributed by atoms with van der Waals surface area (Å²) in [6, 6.07) is 14.0. The molecule has 2 aromatic rings. The van der Waals surface area contributed by atoms with E-state index in [2.05, 4.69) is 10.1 Å². The van der Waals surface area contributed by atoms with E-state index >= 15 is 0 Å². The number of aliphatic hydroxyl groups excluding tert-OH is 1. The van der Waals surface area contributed by atoms with Gasteiger partial charge < -0.3 is 20.3 Å². The van der Waals surface area contributed by atoms with Crippen molar-refractivity contribution in [3.05, 3.63) is 59.1 Å². The van der Waals surface area contributed by atoms with Crippen LogP contribution >= 0.6 is 11.6 Å². The second-order valence-corrected chi connectivity index (χ2v) is 6.83. The molecule has 0 aromatic heterocycles. The zero-order valence-electron chi connectivity index (χ0n) is 15.8. The van der Waals surface area contributed by atoms with Crippen molar-refractivity contribution in [3.8, 4) is 11.1 Å². The van der Waals surface area contributed by atoms with Gasteiger partial charge in [0.25, 0.3) is 0 Å². The van der Waals surface area contributed by atoms with Crippen molar-refractivity contribution < 1.29 is 29.3 Å². The first kappa shape index (κ1) is 22.4. The molecular weight excluding hydrogens is 398 g/mol. The molecule has 0 saturated heterocycles. The van der Waals surface area contributed by atoms with Crippen LogP contribution in [0.1, 0.15) is 18.9 Å². The molecule has 0 spiro atoms. The van der Waals surface area contributed by atoms with Crippen molar-refractivity contribution in [1.29, 1.82) is 0 Å². The number of aliphatic carboxylic acids is 1. The molecule has 0 aliphatic carbocycles. The van der Waals surface area contributed by atoms with E-state index in [0.29, 0.717) is 5.02 Å². The Hall–Kier alpha value is -2.90. The molecule has 0 aliphatic heterocycles. The lowest BCUT2D eigenvalue weighted by molar-refractivity contribution is -0.155. The van der Waals surface area contributed by atoms with Crippen LogP contribution in [-0.2, 0) is 25.5 Å². The molecule has 0 aliphatic rings. The standard InChI is InChI=1S/C21H22ClNO6/c1-2-29-21(28)19(25)23-17(12-18(24)20(26)27)10-13-6-8-14(9-7-13)15-4-3-5-16(22)11-15/h3-9,11,17-18,24H,2,10,12H2,1H3,(H,23,25)(H,26,27)/t17-,18?/m1/s1. The van der Waals surface area contributed by atoms with Gasteiger partial charge in [0.05, 0.1) is 6.61 Å². The summed E-state index contributed by atoms with van der Waals surface area (Å²) in [6.45, 7) is 1.61. The van der Waals surface area contributed by atoms with Gasteiger partial charge in [-0.25, -0.2) is 9.59 Å². The highest BCUT2D eigenvalue weighted by molar-refractivity contribution is 6.32. The predicted molar refractivity (Wildman–Crippen MR) is 107 cm³/mol. The number of ether oxygens (including phenoxy) is 1. The van der Waals surface area contributed by atoms with E-state index in [1.807, 2.05) is 42.5 Å². The maximum absolute atomic E-state index is 11.9. The van der Waals surface area contributed by atoms with Crippen molar-refractivity contribution in [2.45, 2.75) is 31.9 Å². The maximum Gasteiger partial charge on any atom is 0.396 e. The predicted octanol–water partition coefficient (Wildman–Crippen LogP) is 2.43. The van der Waals surface area contributed by atoms with Crippen molar-refractivity contribution >= 4 is 29.4 Å². The maximum atomic E-state index is 11.9. The molecule has 154 valence electrons. The Morgan fingerprint density at radius 2 is 1.79 bits per heavy atom. The fourth-order valence-electron chi connectivity index (χ4n) is 2.79. The molecule has 0 bridgehead atoms. The first-order chi connectivity index (χ1) is 13.8. The Morgan fingerprint density at radius 1 is 1.10 bits per heavy atom. The van der Waals surface area contributed by atoms with E-state index in [1.165, 1.54) is 0 Å². The minimum absolute atomic E-state index is 0.0413. The number of esters is 1. The third kappa shape index (κ3) is 6.89. The zero-order valence-corrected chi connectivity index (χ0v) is 16.6. The first-order valence-corrected chi connectivity index (χ1v) is 9.41. The van der Waals surface area contributed by atoms with Gasteiger partial charge in [-0.05, 0) is 42.2 Å². The van der Waals surface area contributed by atoms with Gasteiger partial charge in [-0.1, -0.05) is 48.0 Å². The number of benzene rings is 2. The van der Waals surface area contributed by atoms with Gasteiger partial charge in [0, 0.05) is 17.5 Å². The molecule has 8 heteroatoms. The Balaban J connectivity index is 2.13.